The number of carbonyl (C=O) groups is 2. The Balaban J connectivity index is 2.15. The van der Waals surface area contributed by atoms with Crippen molar-refractivity contribution in [2.75, 3.05) is 7.11 Å². The van der Waals surface area contributed by atoms with Gasteiger partial charge in [-0.1, -0.05) is 18.2 Å². The number of halogens is 1. The van der Waals surface area contributed by atoms with Crippen molar-refractivity contribution in [3.05, 3.63) is 45.9 Å². The van der Waals surface area contributed by atoms with Gasteiger partial charge in [0.2, 0.25) is 0 Å². The molecule has 2 aromatic rings. The molecular formula is C19H17BrO4. The van der Waals surface area contributed by atoms with Crippen LogP contribution >= 0.6 is 15.9 Å². The number of carboxylic acid groups (broad SMARTS) is 1. The number of hydrogen-bond donors (Lipinski definition) is 1. The molecule has 1 aliphatic carbocycles. The first-order chi connectivity index (χ1) is 11.5. The summed E-state index contributed by atoms with van der Waals surface area (Å²) in [6.45, 7) is 0. The lowest BCUT2D eigenvalue weighted by Gasteiger charge is -2.19. The first kappa shape index (κ1) is 16.7. The Labute approximate surface area is 148 Å². The summed E-state index contributed by atoms with van der Waals surface area (Å²) in [5.41, 5.74) is 2.10. The second kappa shape index (κ2) is 6.77. The topological polar surface area (TPSA) is 63.6 Å². The quantitative estimate of drug-likeness (QED) is 0.831. The average Bonchev–Trinajstić information content (AvgIpc) is 2.54. The Hall–Kier alpha value is -2.14. The van der Waals surface area contributed by atoms with Gasteiger partial charge in [-0.25, -0.2) is 0 Å². The lowest BCUT2D eigenvalue weighted by Crippen LogP contribution is -2.13. The van der Waals surface area contributed by atoms with E-state index in [0.29, 0.717) is 18.4 Å². The molecule has 2 aromatic carbocycles. The van der Waals surface area contributed by atoms with Gasteiger partial charge in [0.25, 0.3) is 0 Å². The number of carboxylic acids is 1. The van der Waals surface area contributed by atoms with Gasteiger partial charge in [-0.15, -0.1) is 0 Å². The van der Waals surface area contributed by atoms with Crippen LogP contribution in [0.2, 0.25) is 0 Å². The van der Waals surface area contributed by atoms with Gasteiger partial charge in [0.1, 0.15) is 5.75 Å². The minimum absolute atomic E-state index is 0.0319. The smallest absolute Gasteiger partial charge is 0.307 e. The Morgan fingerprint density at radius 3 is 2.75 bits per heavy atom. The van der Waals surface area contributed by atoms with E-state index in [1.54, 1.807) is 7.11 Å². The maximum atomic E-state index is 12.4. The van der Waals surface area contributed by atoms with Crippen LogP contribution < -0.4 is 4.74 Å². The molecule has 1 N–H and O–H groups in total. The largest absolute Gasteiger partial charge is 0.496 e. The molecule has 5 heteroatoms. The molecule has 1 aliphatic rings. The summed E-state index contributed by atoms with van der Waals surface area (Å²) >= 11 is 3.54. The van der Waals surface area contributed by atoms with Crippen LogP contribution in [-0.4, -0.2) is 24.0 Å². The zero-order chi connectivity index (χ0) is 17.3. The Bertz CT molecular complexity index is 867. The normalized spacial score (nSPS) is 15.0. The number of ketones is 1. The van der Waals surface area contributed by atoms with Gasteiger partial charge in [-0.2, -0.15) is 0 Å². The van der Waals surface area contributed by atoms with Crippen LogP contribution in [0.3, 0.4) is 0 Å². The van der Waals surface area contributed by atoms with Gasteiger partial charge in [0.15, 0.2) is 5.78 Å². The van der Waals surface area contributed by atoms with E-state index in [9.17, 15) is 9.59 Å². The first-order valence-corrected chi connectivity index (χ1v) is 8.54. The van der Waals surface area contributed by atoms with Crippen molar-refractivity contribution in [3.8, 4) is 5.75 Å². The highest BCUT2D eigenvalue weighted by atomic mass is 79.9. The van der Waals surface area contributed by atoms with E-state index in [1.807, 2.05) is 30.3 Å². The number of Topliss-reactive ketones (excluding diaryl/α,β-unsaturated/α-hetero) is 1. The summed E-state index contributed by atoms with van der Waals surface area (Å²) in [4.78, 5) is 23.5. The standard InChI is InChI=1S/C19H17BrO4/c1-24-16-8-6-11-9-13(5-7-14(11)19(16)20)18-12(10-17(22)23)3-2-4-15(18)21/h5-9H,2-4,10H2,1H3,(H,22,23). The molecule has 0 aliphatic heterocycles. The minimum atomic E-state index is -0.898. The molecule has 4 nitrogen and oxygen atoms in total. The second-order valence-corrected chi connectivity index (χ2v) is 6.64. The Morgan fingerprint density at radius 2 is 2.04 bits per heavy atom. The van der Waals surface area contributed by atoms with Crippen LogP contribution in [0.1, 0.15) is 31.2 Å². The van der Waals surface area contributed by atoms with Crippen LogP contribution in [0.5, 0.6) is 5.75 Å². The van der Waals surface area contributed by atoms with Crippen LogP contribution in [0, 0.1) is 0 Å². The number of rotatable bonds is 4. The van der Waals surface area contributed by atoms with E-state index in [0.717, 1.165) is 38.6 Å². The van der Waals surface area contributed by atoms with Crippen molar-refractivity contribution >= 4 is 44.0 Å². The van der Waals surface area contributed by atoms with Crippen LogP contribution in [0.25, 0.3) is 16.3 Å². The lowest BCUT2D eigenvalue weighted by atomic mass is 9.84. The summed E-state index contributed by atoms with van der Waals surface area (Å²) in [5, 5.41) is 11.1. The molecular weight excluding hydrogens is 372 g/mol. The predicted molar refractivity (Wildman–Crippen MR) is 96.2 cm³/mol. The molecule has 0 saturated heterocycles. The molecule has 3 rings (SSSR count). The average molecular weight is 389 g/mol. The second-order valence-electron chi connectivity index (χ2n) is 5.84. The van der Waals surface area contributed by atoms with Crippen molar-refractivity contribution in [2.45, 2.75) is 25.7 Å². The number of allylic oxidation sites excluding steroid dienone is 1. The third-order valence-electron chi connectivity index (χ3n) is 4.31. The molecule has 0 radical (unpaired) electrons. The molecule has 0 fully saturated rings. The fraction of sp³-hybridized carbons (Fsp3) is 0.263. The fourth-order valence-corrected chi connectivity index (χ4v) is 3.87. The van der Waals surface area contributed by atoms with E-state index >= 15 is 0 Å². The van der Waals surface area contributed by atoms with Crippen molar-refractivity contribution < 1.29 is 19.4 Å². The maximum Gasteiger partial charge on any atom is 0.307 e. The van der Waals surface area contributed by atoms with Gasteiger partial charge in [-0.05, 0) is 62.8 Å². The zero-order valence-electron chi connectivity index (χ0n) is 13.3. The number of aliphatic carboxylic acids is 1. The molecule has 0 amide bonds. The van der Waals surface area contributed by atoms with Crippen molar-refractivity contribution in [2.24, 2.45) is 0 Å². The number of hydrogen-bond acceptors (Lipinski definition) is 3. The van der Waals surface area contributed by atoms with Gasteiger partial charge in [-0.3, -0.25) is 9.59 Å². The molecule has 0 aromatic heterocycles. The highest BCUT2D eigenvalue weighted by Crippen LogP contribution is 2.37. The highest BCUT2D eigenvalue weighted by Gasteiger charge is 2.23. The molecule has 0 atom stereocenters. The van der Waals surface area contributed by atoms with Gasteiger partial charge >= 0.3 is 5.97 Å². The minimum Gasteiger partial charge on any atom is -0.496 e. The third-order valence-corrected chi connectivity index (χ3v) is 5.12. The zero-order valence-corrected chi connectivity index (χ0v) is 14.9. The monoisotopic (exact) mass is 388 g/mol. The summed E-state index contributed by atoms with van der Waals surface area (Å²) in [6, 6.07) is 9.57. The summed E-state index contributed by atoms with van der Waals surface area (Å²) in [5.74, 6) is -0.121. The number of methoxy groups -OCH3 is 1. The molecule has 0 saturated carbocycles. The van der Waals surface area contributed by atoms with Crippen molar-refractivity contribution in [1.29, 1.82) is 0 Å². The molecule has 124 valence electrons. The predicted octanol–water partition coefficient (Wildman–Crippen LogP) is 4.59. The third kappa shape index (κ3) is 3.08. The number of ether oxygens (including phenoxy) is 1. The van der Waals surface area contributed by atoms with Crippen molar-refractivity contribution in [1.82, 2.24) is 0 Å². The van der Waals surface area contributed by atoms with Gasteiger partial charge < -0.3 is 9.84 Å². The molecule has 0 unspecified atom stereocenters. The summed E-state index contributed by atoms with van der Waals surface area (Å²) in [7, 11) is 1.62. The van der Waals surface area contributed by atoms with Gasteiger partial charge in [0.05, 0.1) is 18.0 Å². The Kier molecular flexibility index (Phi) is 4.71. The molecule has 0 spiro atoms. The van der Waals surface area contributed by atoms with Crippen LogP contribution in [-0.2, 0) is 9.59 Å². The molecule has 0 bridgehead atoms. The van der Waals surface area contributed by atoms with E-state index in [4.69, 9.17) is 9.84 Å². The van der Waals surface area contributed by atoms with Crippen molar-refractivity contribution in [3.63, 3.8) is 0 Å². The van der Waals surface area contributed by atoms with Gasteiger partial charge in [0, 0.05) is 12.0 Å². The molecule has 0 heterocycles. The fourth-order valence-electron chi connectivity index (χ4n) is 3.22. The lowest BCUT2D eigenvalue weighted by molar-refractivity contribution is -0.136. The SMILES string of the molecule is COc1ccc2cc(C3=C(CC(=O)O)CCCC3=O)ccc2c1Br. The van der Waals surface area contributed by atoms with E-state index in [-0.39, 0.29) is 12.2 Å². The maximum absolute atomic E-state index is 12.4. The van der Waals surface area contributed by atoms with E-state index in [1.165, 1.54) is 0 Å². The summed E-state index contributed by atoms with van der Waals surface area (Å²) < 4.78 is 6.17. The molecule has 24 heavy (non-hydrogen) atoms. The summed E-state index contributed by atoms with van der Waals surface area (Å²) in [6.07, 6.45) is 1.78. The van der Waals surface area contributed by atoms with E-state index < -0.39 is 5.97 Å². The Morgan fingerprint density at radius 1 is 1.25 bits per heavy atom. The van der Waals surface area contributed by atoms with Crippen LogP contribution in [0.15, 0.2) is 40.4 Å². The number of benzene rings is 2. The number of fused-ring (bicyclic) bond motifs is 1. The van der Waals surface area contributed by atoms with Crippen LogP contribution in [0.4, 0.5) is 0 Å². The highest BCUT2D eigenvalue weighted by molar-refractivity contribution is 9.10. The van der Waals surface area contributed by atoms with E-state index in [2.05, 4.69) is 15.9 Å². The first-order valence-electron chi connectivity index (χ1n) is 7.75. The number of carbonyl (C=O) groups excluding carboxylic acids is 1.